The molecule has 0 aromatic heterocycles. The number of nitro benzene ring substituents is 1. The van der Waals surface area contributed by atoms with E-state index in [-0.39, 0.29) is 17.6 Å². The smallest absolute Gasteiger partial charge is 0.292 e. The molecule has 7 heteroatoms. The molecule has 1 aromatic rings. The SMILES string of the molecule is O=C(CCNc1ccccc1[N+](=O)[O-])NC1CCNCC1. The van der Waals surface area contributed by atoms with Gasteiger partial charge in [-0.2, -0.15) is 0 Å². The number of nitro groups is 1. The summed E-state index contributed by atoms with van der Waals surface area (Å²) in [6.07, 6.45) is 2.20. The van der Waals surface area contributed by atoms with Crippen LogP contribution in [0.15, 0.2) is 24.3 Å². The van der Waals surface area contributed by atoms with E-state index in [4.69, 9.17) is 0 Å². The third-order valence-corrected chi connectivity index (χ3v) is 3.47. The summed E-state index contributed by atoms with van der Waals surface area (Å²) in [5.41, 5.74) is 0.466. The zero-order valence-electron chi connectivity index (χ0n) is 11.8. The number of amides is 1. The number of piperidine rings is 1. The van der Waals surface area contributed by atoms with E-state index in [0.717, 1.165) is 25.9 Å². The van der Waals surface area contributed by atoms with Gasteiger partial charge in [0, 0.05) is 25.1 Å². The molecule has 1 aliphatic rings. The normalized spacial score (nSPS) is 15.4. The Bertz CT molecular complexity index is 501. The number of nitrogens with one attached hydrogen (secondary N) is 3. The maximum absolute atomic E-state index is 11.8. The molecule has 114 valence electrons. The van der Waals surface area contributed by atoms with Crippen LogP contribution in [-0.4, -0.2) is 36.5 Å². The van der Waals surface area contributed by atoms with Crippen molar-refractivity contribution in [2.75, 3.05) is 25.0 Å². The summed E-state index contributed by atoms with van der Waals surface area (Å²) in [7, 11) is 0. The van der Waals surface area contributed by atoms with Crippen LogP contribution in [0.1, 0.15) is 19.3 Å². The number of carbonyl (C=O) groups is 1. The Hall–Kier alpha value is -2.15. The third kappa shape index (κ3) is 4.71. The van der Waals surface area contributed by atoms with Crippen molar-refractivity contribution in [3.05, 3.63) is 34.4 Å². The summed E-state index contributed by atoms with van der Waals surface area (Å²) >= 11 is 0. The van der Waals surface area contributed by atoms with E-state index >= 15 is 0 Å². The van der Waals surface area contributed by atoms with E-state index in [1.807, 2.05) is 0 Å². The monoisotopic (exact) mass is 292 g/mol. The number of nitrogens with zero attached hydrogens (tertiary/aromatic N) is 1. The van der Waals surface area contributed by atoms with Crippen LogP contribution >= 0.6 is 0 Å². The number of hydrogen-bond acceptors (Lipinski definition) is 5. The molecule has 0 unspecified atom stereocenters. The first-order valence-corrected chi connectivity index (χ1v) is 7.14. The predicted octanol–water partition coefficient (Wildman–Crippen LogP) is 1.26. The lowest BCUT2D eigenvalue weighted by atomic mass is 10.1. The molecule has 0 spiro atoms. The summed E-state index contributed by atoms with van der Waals surface area (Å²) in [6.45, 7) is 2.24. The molecule has 0 radical (unpaired) electrons. The van der Waals surface area contributed by atoms with Crippen molar-refractivity contribution < 1.29 is 9.72 Å². The fraction of sp³-hybridized carbons (Fsp3) is 0.500. The highest BCUT2D eigenvalue weighted by molar-refractivity contribution is 5.77. The zero-order valence-corrected chi connectivity index (χ0v) is 11.8. The number of carbonyl (C=O) groups excluding carboxylic acids is 1. The van der Waals surface area contributed by atoms with Gasteiger partial charge in [0.05, 0.1) is 4.92 Å². The van der Waals surface area contributed by atoms with Crippen molar-refractivity contribution in [3.63, 3.8) is 0 Å². The Morgan fingerprint density at radius 1 is 1.33 bits per heavy atom. The molecule has 21 heavy (non-hydrogen) atoms. The quantitative estimate of drug-likeness (QED) is 0.542. The van der Waals surface area contributed by atoms with Gasteiger partial charge in [0.1, 0.15) is 5.69 Å². The highest BCUT2D eigenvalue weighted by Crippen LogP contribution is 2.22. The van der Waals surface area contributed by atoms with E-state index < -0.39 is 4.92 Å². The van der Waals surface area contributed by atoms with Gasteiger partial charge in [-0.05, 0) is 32.0 Å². The molecule has 1 heterocycles. The Balaban J connectivity index is 1.76. The van der Waals surface area contributed by atoms with Crippen LogP contribution in [0, 0.1) is 10.1 Å². The lowest BCUT2D eigenvalue weighted by Gasteiger charge is -2.23. The number of rotatable bonds is 6. The summed E-state index contributed by atoms with van der Waals surface area (Å²) in [4.78, 5) is 22.2. The number of anilines is 1. The summed E-state index contributed by atoms with van der Waals surface area (Å²) < 4.78 is 0. The Labute approximate surface area is 123 Å². The van der Waals surface area contributed by atoms with Gasteiger partial charge in [0.2, 0.25) is 5.91 Å². The second-order valence-electron chi connectivity index (χ2n) is 5.04. The van der Waals surface area contributed by atoms with E-state index in [1.54, 1.807) is 18.2 Å². The van der Waals surface area contributed by atoms with Crippen molar-refractivity contribution in [2.45, 2.75) is 25.3 Å². The fourth-order valence-electron chi connectivity index (χ4n) is 2.36. The Morgan fingerprint density at radius 2 is 2.05 bits per heavy atom. The maximum Gasteiger partial charge on any atom is 0.292 e. The van der Waals surface area contributed by atoms with Crippen LogP contribution in [0.2, 0.25) is 0 Å². The molecule has 3 N–H and O–H groups in total. The standard InChI is InChI=1S/C14H20N4O3/c19-14(17-11-5-8-15-9-6-11)7-10-16-12-3-1-2-4-13(12)18(20)21/h1-4,11,15-16H,5-10H2,(H,17,19). The van der Waals surface area contributed by atoms with Crippen molar-refractivity contribution in [1.82, 2.24) is 10.6 Å². The van der Waals surface area contributed by atoms with Crippen LogP contribution in [0.4, 0.5) is 11.4 Å². The van der Waals surface area contributed by atoms with Gasteiger partial charge < -0.3 is 16.0 Å². The fourth-order valence-corrected chi connectivity index (χ4v) is 2.36. The van der Waals surface area contributed by atoms with Gasteiger partial charge in [-0.25, -0.2) is 0 Å². The lowest BCUT2D eigenvalue weighted by Crippen LogP contribution is -2.43. The van der Waals surface area contributed by atoms with Gasteiger partial charge >= 0.3 is 0 Å². The van der Waals surface area contributed by atoms with Gasteiger partial charge in [0.15, 0.2) is 0 Å². The molecule has 0 atom stereocenters. The van der Waals surface area contributed by atoms with Crippen molar-refractivity contribution in [2.24, 2.45) is 0 Å². The summed E-state index contributed by atoms with van der Waals surface area (Å²) in [6, 6.07) is 6.67. The highest BCUT2D eigenvalue weighted by Gasteiger charge is 2.16. The third-order valence-electron chi connectivity index (χ3n) is 3.47. The second kappa shape index (κ2) is 7.58. The highest BCUT2D eigenvalue weighted by atomic mass is 16.6. The van der Waals surface area contributed by atoms with Crippen molar-refractivity contribution >= 4 is 17.3 Å². The molecule has 0 aliphatic carbocycles. The molecule has 1 aliphatic heterocycles. The van der Waals surface area contributed by atoms with Crippen LogP contribution in [0.3, 0.4) is 0 Å². The molecular weight excluding hydrogens is 272 g/mol. The number of hydrogen-bond donors (Lipinski definition) is 3. The molecule has 1 fully saturated rings. The largest absolute Gasteiger partial charge is 0.379 e. The second-order valence-corrected chi connectivity index (χ2v) is 5.04. The van der Waals surface area contributed by atoms with Crippen LogP contribution in [0.25, 0.3) is 0 Å². The minimum atomic E-state index is -0.433. The molecule has 1 aromatic carbocycles. The predicted molar refractivity (Wildman–Crippen MR) is 80.2 cm³/mol. The van der Waals surface area contributed by atoms with Gasteiger partial charge in [-0.1, -0.05) is 12.1 Å². The summed E-state index contributed by atoms with van der Waals surface area (Å²) in [5, 5.41) is 20.0. The van der Waals surface area contributed by atoms with Crippen molar-refractivity contribution in [1.29, 1.82) is 0 Å². The Morgan fingerprint density at radius 3 is 2.76 bits per heavy atom. The van der Waals surface area contributed by atoms with E-state index in [2.05, 4.69) is 16.0 Å². The average molecular weight is 292 g/mol. The van der Waals surface area contributed by atoms with Gasteiger partial charge in [-0.15, -0.1) is 0 Å². The van der Waals surface area contributed by atoms with Crippen LogP contribution in [0.5, 0.6) is 0 Å². The van der Waals surface area contributed by atoms with Crippen LogP contribution in [-0.2, 0) is 4.79 Å². The first kappa shape index (κ1) is 15.2. The average Bonchev–Trinajstić information content (AvgIpc) is 2.48. The molecule has 0 saturated carbocycles. The molecule has 2 rings (SSSR count). The lowest BCUT2D eigenvalue weighted by molar-refractivity contribution is -0.384. The van der Waals surface area contributed by atoms with Gasteiger partial charge in [0.25, 0.3) is 5.69 Å². The minimum Gasteiger partial charge on any atom is -0.379 e. The molecular formula is C14H20N4O3. The topological polar surface area (TPSA) is 96.3 Å². The summed E-state index contributed by atoms with van der Waals surface area (Å²) in [5.74, 6) is -0.0204. The number of para-hydroxylation sites is 2. The first-order valence-electron chi connectivity index (χ1n) is 7.14. The number of benzene rings is 1. The van der Waals surface area contributed by atoms with E-state index in [1.165, 1.54) is 6.07 Å². The molecule has 1 amide bonds. The van der Waals surface area contributed by atoms with Gasteiger partial charge in [-0.3, -0.25) is 14.9 Å². The minimum absolute atomic E-state index is 0.0204. The van der Waals surface area contributed by atoms with Crippen LogP contribution < -0.4 is 16.0 Å². The Kier molecular flexibility index (Phi) is 5.51. The zero-order chi connectivity index (χ0) is 15.1. The molecule has 7 nitrogen and oxygen atoms in total. The molecule has 1 saturated heterocycles. The maximum atomic E-state index is 11.8. The van der Waals surface area contributed by atoms with E-state index in [9.17, 15) is 14.9 Å². The molecule has 0 bridgehead atoms. The van der Waals surface area contributed by atoms with E-state index in [0.29, 0.717) is 18.7 Å². The van der Waals surface area contributed by atoms with Crippen molar-refractivity contribution in [3.8, 4) is 0 Å². The first-order chi connectivity index (χ1) is 10.2.